The van der Waals surface area contributed by atoms with Crippen LogP contribution in [0.1, 0.15) is 18.4 Å². The normalized spacial score (nSPS) is 28.9. The molecule has 3 aliphatic heterocycles. The summed E-state index contributed by atoms with van der Waals surface area (Å²) in [4.78, 5) is 6.86. The fourth-order valence-electron chi connectivity index (χ4n) is 4.40. The van der Waals surface area contributed by atoms with Gasteiger partial charge in [-0.25, -0.2) is 0 Å². The maximum atomic E-state index is 9.86. The first-order valence-corrected chi connectivity index (χ1v) is 8.77. The van der Waals surface area contributed by atoms with Crippen LogP contribution in [0.15, 0.2) is 48.3 Å². The van der Waals surface area contributed by atoms with E-state index in [0.29, 0.717) is 11.8 Å². The Morgan fingerprint density at radius 2 is 2.32 bits per heavy atom. The summed E-state index contributed by atoms with van der Waals surface area (Å²) in [5.41, 5.74) is 2.53. The lowest BCUT2D eigenvalue weighted by Gasteiger charge is -2.49. The Morgan fingerprint density at radius 3 is 3.00 bits per heavy atom. The molecule has 1 aromatic heterocycles. The quantitative estimate of drug-likeness (QED) is 0.402. The molecule has 25 heavy (non-hydrogen) atoms. The molecule has 2 bridgehead atoms. The molecule has 3 fully saturated rings. The van der Waals surface area contributed by atoms with Crippen molar-refractivity contribution in [3.8, 4) is 5.75 Å². The zero-order valence-corrected chi connectivity index (χ0v) is 14.4. The molecule has 1 aromatic carbocycles. The predicted molar refractivity (Wildman–Crippen MR) is 98.4 cm³/mol. The van der Waals surface area contributed by atoms with Crippen molar-refractivity contribution in [1.29, 1.82) is 0 Å². The number of fused-ring (bicyclic) bond motifs is 4. The summed E-state index contributed by atoms with van der Waals surface area (Å²) in [7, 11) is 1.65. The highest BCUT2D eigenvalue weighted by Gasteiger charge is 2.41. The number of methoxy groups -OCH3 is 1. The summed E-state index contributed by atoms with van der Waals surface area (Å²) < 4.78 is 5.36. The van der Waals surface area contributed by atoms with Gasteiger partial charge in [0.05, 0.1) is 18.7 Å². The Labute approximate surface area is 147 Å². The molecule has 5 rings (SSSR count). The Kier molecular flexibility index (Phi) is 4.17. The maximum absolute atomic E-state index is 9.86. The number of hydrogen-bond donors (Lipinski definition) is 1. The lowest BCUT2D eigenvalue weighted by molar-refractivity contribution is 0.0475. The summed E-state index contributed by atoms with van der Waals surface area (Å²) in [6.07, 6.45) is 6.05. The minimum atomic E-state index is 0.136. The van der Waals surface area contributed by atoms with Crippen molar-refractivity contribution in [1.82, 2.24) is 9.88 Å². The summed E-state index contributed by atoms with van der Waals surface area (Å²) in [6, 6.07) is 7.87. The van der Waals surface area contributed by atoms with Crippen LogP contribution in [0.4, 0.5) is 0 Å². The van der Waals surface area contributed by atoms with Crippen LogP contribution in [-0.2, 0) is 0 Å². The number of nitrogens with zero attached hydrogens (tertiary/aromatic N) is 3. The third kappa shape index (κ3) is 2.68. The zero-order chi connectivity index (χ0) is 17.4. The molecule has 1 N–H and O–H groups in total. The van der Waals surface area contributed by atoms with Crippen molar-refractivity contribution in [2.45, 2.75) is 18.9 Å². The Hall–Kier alpha value is -2.40. The third-order valence-corrected chi connectivity index (χ3v) is 5.76. The van der Waals surface area contributed by atoms with Gasteiger partial charge >= 0.3 is 0 Å². The number of rotatable bonds is 4. The smallest absolute Gasteiger partial charge is 0.119 e. The van der Waals surface area contributed by atoms with Crippen molar-refractivity contribution >= 4 is 16.6 Å². The van der Waals surface area contributed by atoms with Crippen molar-refractivity contribution in [3.63, 3.8) is 0 Å². The zero-order valence-electron chi connectivity index (χ0n) is 14.4. The van der Waals surface area contributed by atoms with E-state index in [0.717, 1.165) is 47.4 Å². The summed E-state index contributed by atoms with van der Waals surface area (Å²) in [5, 5.41) is 14.6. The molecule has 0 saturated carbocycles. The molecular weight excluding hydrogens is 314 g/mol. The highest BCUT2D eigenvalue weighted by atomic mass is 16.5. The standard InChI is InChI=1S/C20H23N3O2/c1-3-13-12-23-9-7-14(13)10-19(23)20(22-24)16-6-8-21-18-5-4-15(25-2)11-17(16)18/h3-6,8,11,13-14,19,24H,1,7,9-10,12H2,2H3/b22-20+. The maximum Gasteiger partial charge on any atom is 0.119 e. The van der Waals surface area contributed by atoms with Crippen LogP contribution < -0.4 is 4.74 Å². The van der Waals surface area contributed by atoms with Gasteiger partial charge in [-0.2, -0.15) is 0 Å². The topological polar surface area (TPSA) is 58.0 Å². The summed E-state index contributed by atoms with van der Waals surface area (Å²) in [6.45, 7) is 6.02. The van der Waals surface area contributed by atoms with Gasteiger partial charge in [0.2, 0.25) is 0 Å². The average molecular weight is 337 g/mol. The second kappa shape index (κ2) is 6.48. The predicted octanol–water partition coefficient (Wildman–Crippen LogP) is 3.32. The first-order valence-electron chi connectivity index (χ1n) is 8.77. The SMILES string of the molecule is C=CC1CN2CCC1CC2/C(=N/O)c1ccnc2ccc(OC)cc12. The molecule has 130 valence electrons. The number of ether oxygens (including phenoxy) is 1. The molecule has 5 heteroatoms. The van der Waals surface area contributed by atoms with E-state index < -0.39 is 0 Å². The van der Waals surface area contributed by atoms with Crippen LogP contribution in [-0.4, -0.2) is 47.0 Å². The van der Waals surface area contributed by atoms with Crippen molar-refractivity contribution < 1.29 is 9.94 Å². The Morgan fingerprint density at radius 1 is 1.44 bits per heavy atom. The van der Waals surface area contributed by atoms with Crippen LogP contribution in [0.3, 0.4) is 0 Å². The van der Waals surface area contributed by atoms with E-state index in [9.17, 15) is 5.21 Å². The Bertz CT molecular complexity index is 833. The lowest BCUT2D eigenvalue weighted by Crippen LogP contribution is -2.56. The highest BCUT2D eigenvalue weighted by molar-refractivity contribution is 6.12. The molecule has 3 aliphatic rings. The van der Waals surface area contributed by atoms with Crippen LogP contribution in [0.2, 0.25) is 0 Å². The van der Waals surface area contributed by atoms with Gasteiger partial charge in [-0.05, 0) is 55.5 Å². The Balaban J connectivity index is 1.75. The molecular formula is C20H23N3O2. The molecule has 0 radical (unpaired) electrons. The van der Waals surface area contributed by atoms with Crippen LogP contribution in [0.25, 0.3) is 10.9 Å². The monoisotopic (exact) mass is 337 g/mol. The van der Waals surface area contributed by atoms with E-state index in [1.807, 2.05) is 24.3 Å². The molecule has 4 unspecified atom stereocenters. The van der Waals surface area contributed by atoms with Crippen molar-refractivity contribution in [2.75, 3.05) is 20.2 Å². The molecule has 0 aliphatic carbocycles. The molecule has 4 atom stereocenters. The van der Waals surface area contributed by atoms with Crippen LogP contribution in [0, 0.1) is 11.8 Å². The number of aromatic nitrogens is 1. The fraction of sp³-hybridized carbons (Fsp3) is 0.400. The fourth-order valence-corrected chi connectivity index (χ4v) is 4.40. The van der Waals surface area contributed by atoms with Crippen LogP contribution >= 0.6 is 0 Å². The van der Waals surface area contributed by atoms with Crippen molar-refractivity contribution in [2.24, 2.45) is 17.0 Å². The number of piperidine rings is 3. The van der Waals surface area contributed by atoms with Gasteiger partial charge in [0.15, 0.2) is 0 Å². The average Bonchev–Trinajstić information content (AvgIpc) is 2.68. The molecule has 3 saturated heterocycles. The van der Waals surface area contributed by atoms with Gasteiger partial charge in [-0.1, -0.05) is 11.2 Å². The van der Waals surface area contributed by atoms with Gasteiger partial charge in [0, 0.05) is 23.7 Å². The van der Waals surface area contributed by atoms with Gasteiger partial charge in [0.1, 0.15) is 11.5 Å². The third-order valence-electron chi connectivity index (χ3n) is 5.76. The second-order valence-electron chi connectivity index (χ2n) is 6.92. The minimum Gasteiger partial charge on any atom is -0.497 e. The molecule has 0 amide bonds. The first kappa shape index (κ1) is 16.1. The molecule has 5 nitrogen and oxygen atoms in total. The van der Waals surface area contributed by atoms with E-state index in [4.69, 9.17) is 4.74 Å². The van der Waals surface area contributed by atoms with E-state index in [2.05, 4.69) is 27.7 Å². The number of oxime groups is 1. The second-order valence-corrected chi connectivity index (χ2v) is 6.92. The largest absolute Gasteiger partial charge is 0.497 e. The first-order chi connectivity index (χ1) is 12.2. The number of hydrogen-bond acceptors (Lipinski definition) is 5. The van der Waals surface area contributed by atoms with Gasteiger partial charge < -0.3 is 9.94 Å². The van der Waals surface area contributed by atoms with Gasteiger partial charge in [-0.15, -0.1) is 6.58 Å². The van der Waals surface area contributed by atoms with E-state index >= 15 is 0 Å². The van der Waals surface area contributed by atoms with E-state index in [1.165, 1.54) is 6.42 Å². The molecule has 4 heterocycles. The van der Waals surface area contributed by atoms with Gasteiger partial charge in [0.25, 0.3) is 0 Å². The highest BCUT2D eigenvalue weighted by Crippen LogP contribution is 2.38. The summed E-state index contributed by atoms with van der Waals surface area (Å²) in [5.74, 6) is 1.93. The van der Waals surface area contributed by atoms with E-state index in [1.54, 1.807) is 13.3 Å². The number of pyridine rings is 1. The van der Waals surface area contributed by atoms with Crippen LogP contribution in [0.5, 0.6) is 5.75 Å². The molecule has 0 spiro atoms. The summed E-state index contributed by atoms with van der Waals surface area (Å²) >= 11 is 0. The minimum absolute atomic E-state index is 0.136. The molecule has 2 aromatic rings. The van der Waals surface area contributed by atoms with E-state index in [-0.39, 0.29) is 6.04 Å². The number of benzene rings is 1. The van der Waals surface area contributed by atoms with Crippen molar-refractivity contribution in [3.05, 3.63) is 48.7 Å². The van der Waals surface area contributed by atoms with Gasteiger partial charge in [-0.3, -0.25) is 9.88 Å². The lowest BCUT2D eigenvalue weighted by atomic mass is 9.74.